The molecule has 1 saturated heterocycles. The number of carbonyl (C=O) groups is 2. The predicted molar refractivity (Wildman–Crippen MR) is 103 cm³/mol. The summed E-state index contributed by atoms with van der Waals surface area (Å²) in [4.78, 5) is 28.8. The van der Waals surface area contributed by atoms with Crippen molar-refractivity contribution in [1.29, 1.82) is 0 Å². The average molecular weight is 360 g/mol. The van der Waals surface area contributed by atoms with Gasteiger partial charge in [-0.15, -0.1) is 0 Å². The molecule has 0 unspecified atom stereocenters. The van der Waals surface area contributed by atoms with Gasteiger partial charge in [-0.2, -0.15) is 0 Å². The molecule has 0 bridgehead atoms. The SMILES string of the molecule is CCC(CC)C(=O)N1CCCN(C(=O)COc2ccc(C)c(C)c2)CC1. The molecule has 0 saturated carbocycles. The summed E-state index contributed by atoms with van der Waals surface area (Å²) in [6, 6.07) is 5.86. The Bertz CT molecular complexity index is 626. The van der Waals surface area contributed by atoms with Gasteiger partial charge in [-0.25, -0.2) is 0 Å². The highest BCUT2D eigenvalue weighted by atomic mass is 16.5. The second-order valence-electron chi connectivity index (χ2n) is 7.11. The van der Waals surface area contributed by atoms with Crippen LogP contribution in [0.15, 0.2) is 18.2 Å². The lowest BCUT2D eigenvalue weighted by Crippen LogP contribution is -2.40. The summed E-state index contributed by atoms with van der Waals surface area (Å²) in [6.07, 6.45) is 2.57. The van der Waals surface area contributed by atoms with E-state index in [4.69, 9.17) is 4.74 Å². The fourth-order valence-electron chi connectivity index (χ4n) is 3.32. The molecule has 0 N–H and O–H groups in total. The van der Waals surface area contributed by atoms with Crippen LogP contribution in [-0.2, 0) is 9.59 Å². The van der Waals surface area contributed by atoms with Crippen LogP contribution in [0.2, 0.25) is 0 Å². The molecule has 2 rings (SSSR count). The Labute approximate surface area is 157 Å². The van der Waals surface area contributed by atoms with Gasteiger partial charge in [0, 0.05) is 32.1 Å². The van der Waals surface area contributed by atoms with Crippen LogP contribution >= 0.6 is 0 Å². The molecule has 1 heterocycles. The van der Waals surface area contributed by atoms with Gasteiger partial charge < -0.3 is 14.5 Å². The third-order valence-electron chi connectivity index (χ3n) is 5.34. The highest BCUT2D eigenvalue weighted by molar-refractivity contribution is 5.80. The van der Waals surface area contributed by atoms with Crippen molar-refractivity contribution in [2.45, 2.75) is 47.0 Å². The van der Waals surface area contributed by atoms with Crippen molar-refractivity contribution in [3.8, 4) is 5.75 Å². The molecule has 0 aliphatic carbocycles. The van der Waals surface area contributed by atoms with Gasteiger partial charge in [0.15, 0.2) is 6.61 Å². The van der Waals surface area contributed by atoms with Crippen LogP contribution in [-0.4, -0.2) is 54.4 Å². The first-order chi connectivity index (χ1) is 12.5. The standard InChI is InChI=1S/C21H32N2O3/c1-5-18(6-2)21(25)23-11-7-10-22(12-13-23)20(24)15-26-19-9-8-16(3)17(4)14-19/h8-9,14,18H,5-7,10-13,15H2,1-4H3. The van der Waals surface area contributed by atoms with Crippen LogP contribution in [0, 0.1) is 19.8 Å². The average Bonchev–Trinajstić information content (AvgIpc) is 2.89. The lowest BCUT2D eigenvalue weighted by Gasteiger charge is -2.25. The quantitative estimate of drug-likeness (QED) is 0.783. The van der Waals surface area contributed by atoms with Gasteiger partial charge in [0.1, 0.15) is 5.75 Å². The highest BCUT2D eigenvalue weighted by Gasteiger charge is 2.25. The maximum Gasteiger partial charge on any atom is 0.260 e. The number of nitrogens with zero attached hydrogens (tertiary/aromatic N) is 2. The van der Waals surface area contributed by atoms with Gasteiger partial charge in [-0.1, -0.05) is 19.9 Å². The number of hydrogen-bond donors (Lipinski definition) is 0. The molecule has 26 heavy (non-hydrogen) atoms. The van der Waals surface area contributed by atoms with E-state index in [9.17, 15) is 9.59 Å². The van der Waals surface area contributed by atoms with E-state index in [1.54, 1.807) is 0 Å². The zero-order valence-corrected chi connectivity index (χ0v) is 16.6. The molecule has 5 heteroatoms. The first kappa shape index (κ1) is 20.3. The van der Waals surface area contributed by atoms with Gasteiger partial charge in [0.05, 0.1) is 0 Å². The van der Waals surface area contributed by atoms with Gasteiger partial charge in [0.25, 0.3) is 5.91 Å². The third kappa shape index (κ3) is 5.23. The van der Waals surface area contributed by atoms with Crippen molar-refractivity contribution in [3.05, 3.63) is 29.3 Å². The van der Waals surface area contributed by atoms with E-state index in [1.165, 1.54) is 5.56 Å². The summed E-state index contributed by atoms with van der Waals surface area (Å²) in [5.41, 5.74) is 2.36. The van der Waals surface area contributed by atoms with Crippen LogP contribution < -0.4 is 4.74 Å². The number of benzene rings is 1. The smallest absolute Gasteiger partial charge is 0.260 e. The number of aryl methyl sites for hydroxylation is 2. The van der Waals surface area contributed by atoms with Crippen molar-refractivity contribution in [2.75, 3.05) is 32.8 Å². The second kappa shape index (κ2) is 9.60. The molecule has 0 spiro atoms. The van der Waals surface area contributed by atoms with Crippen molar-refractivity contribution in [3.63, 3.8) is 0 Å². The summed E-state index contributed by atoms with van der Waals surface area (Å²) < 4.78 is 5.67. The molecule has 1 aliphatic rings. The predicted octanol–water partition coefficient (Wildman–Crippen LogP) is 3.18. The molecule has 0 aromatic heterocycles. The van der Waals surface area contributed by atoms with E-state index in [-0.39, 0.29) is 24.3 Å². The van der Waals surface area contributed by atoms with E-state index in [1.807, 2.05) is 34.9 Å². The highest BCUT2D eigenvalue weighted by Crippen LogP contribution is 2.17. The Morgan fingerprint density at radius 2 is 1.65 bits per heavy atom. The fraction of sp³-hybridized carbons (Fsp3) is 0.619. The zero-order chi connectivity index (χ0) is 19.1. The third-order valence-corrected chi connectivity index (χ3v) is 5.34. The van der Waals surface area contributed by atoms with E-state index >= 15 is 0 Å². The lowest BCUT2D eigenvalue weighted by atomic mass is 10.0. The van der Waals surface area contributed by atoms with Crippen molar-refractivity contribution in [1.82, 2.24) is 9.80 Å². The van der Waals surface area contributed by atoms with Crippen LogP contribution in [0.5, 0.6) is 5.75 Å². The van der Waals surface area contributed by atoms with Crippen molar-refractivity contribution >= 4 is 11.8 Å². The molecule has 1 aromatic carbocycles. The fourth-order valence-corrected chi connectivity index (χ4v) is 3.32. The molecule has 0 radical (unpaired) electrons. The number of hydrogen-bond acceptors (Lipinski definition) is 3. The maximum absolute atomic E-state index is 12.6. The van der Waals surface area contributed by atoms with Crippen LogP contribution in [0.25, 0.3) is 0 Å². The van der Waals surface area contributed by atoms with E-state index in [0.29, 0.717) is 19.6 Å². The molecule has 2 amide bonds. The molecule has 1 aliphatic heterocycles. The molecular weight excluding hydrogens is 328 g/mol. The largest absolute Gasteiger partial charge is 0.484 e. The number of ether oxygens (including phenoxy) is 1. The van der Waals surface area contributed by atoms with Gasteiger partial charge in [-0.05, 0) is 56.4 Å². The minimum atomic E-state index is -0.0138. The van der Waals surface area contributed by atoms with Crippen LogP contribution in [0.4, 0.5) is 0 Å². The Morgan fingerprint density at radius 3 is 2.31 bits per heavy atom. The van der Waals surface area contributed by atoms with Gasteiger partial charge in [-0.3, -0.25) is 9.59 Å². The molecule has 1 aromatic rings. The molecule has 5 nitrogen and oxygen atoms in total. The van der Waals surface area contributed by atoms with E-state index < -0.39 is 0 Å². The topological polar surface area (TPSA) is 49.9 Å². The number of carbonyl (C=O) groups excluding carboxylic acids is 2. The Kier molecular flexibility index (Phi) is 7.49. The van der Waals surface area contributed by atoms with Gasteiger partial charge in [0.2, 0.25) is 5.91 Å². The van der Waals surface area contributed by atoms with E-state index in [0.717, 1.165) is 37.1 Å². The van der Waals surface area contributed by atoms with Crippen molar-refractivity contribution < 1.29 is 14.3 Å². The van der Waals surface area contributed by atoms with Crippen LogP contribution in [0.1, 0.15) is 44.2 Å². The molecule has 0 atom stereocenters. The van der Waals surface area contributed by atoms with Crippen LogP contribution in [0.3, 0.4) is 0 Å². The number of amides is 2. The monoisotopic (exact) mass is 360 g/mol. The summed E-state index contributed by atoms with van der Waals surface area (Å²) in [6.45, 7) is 10.9. The Balaban J connectivity index is 1.86. The second-order valence-corrected chi connectivity index (χ2v) is 7.11. The summed E-state index contributed by atoms with van der Waals surface area (Å²) in [5, 5.41) is 0. The normalized spacial score (nSPS) is 15.1. The summed E-state index contributed by atoms with van der Waals surface area (Å²) >= 11 is 0. The number of rotatable bonds is 6. The summed E-state index contributed by atoms with van der Waals surface area (Å²) in [7, 11) is 0. The maximum atomic E-state index is 12.6. The molecule has 1 fully saturated rings. The Hall–Kier alpha value is -2.04. The molecule has 144 valence electrons. The van der Waals surface area contributed by atoms with Crippen molar-refractivity contribution in [2.24, 2.45) is 5.92 Å². The zero-order valence-electron chi connectivity index (χ0n) is 16.6. The van der Waals surface area contributed by atoms with Gasteiger partial charge >= 0.3 is 0 Å². The van der Waals surface area contributed by atoms with E-state index in [2.05, 4.69) is 20.8 Å². The molecular formula is C21H32N2O3. The summed E-state index contributed by atoms with van der Waals surface area (Å²) in [5.74, 6) is 1.04. The Morgan fingerprint density at radius 1 is 1.00 bits per heavy atom. The first-order valence-corrected chi connectivity index (χ1v) is 9.72. The lowest BCUT2D eigenvalue weighted by molar-refractivity contribution is -0.137. The first-order valence-electron chi connectivity index (χ1n) is 9.72. The minimum Gasteiger partial charge on any atom is -0.484 e. The minimum absolute atomic E-state index is 0.0138.